The Morgan fingerprint density at radius 2 is 1.59 bits per heavy atom. The third kappa shape index (κ3) is 2.07. The molecular formula is C13H13O3P. The number of benzene rings is 2. The van der Waals surface area contributed by atoms with Gasteiger partial charge in [0.1, 0.15) is 0 Å². The van der Waals surface area contributed by atoms with Gasteiger partial charge in [0, 0.05) is 7.11 Å². The van der Waals surface area contributed by atoms with Crippen LogP contribution in [0.25, 0.3) is 10.8 Å². The Bertz CT molecular complexity index is 498. The molecule has 17 heavy (non-hydrogen) atoms. The minimum absolute atomic E-state index is 0.536. The van der Waals surface area contributed by atoms with Crippen molar-refractivity contribution in [2.24, 2.45) is 0 Å². The summed E-state index contributed by atoms with van der Waals surface area (Å²) in [5.41, 5.74) is 2.40. The van der Waals surface area contributed by atoms with Gasteiger partial charge >= 0.3 is 8.60 Å². The molecule has 2 aromatic rings. The highest BCUT2D eigenvalue weighted by molar-refractivity contribution is 7.41. The summed E-state index contributed by atoms with van der Waals surface area (Å²) < 4.78 is 16.4. The SMILES string of the molecule is COP1OCc2cccc3cccc(c23)CO1. The Morgan fingerprint density at radius 1 is 1.00 bits per heavy atom. The van der Waals surface area contributed by atoms with Gasteiger partial charge in [0.15, 0.2) is 0 Å². The average Bonchev–Trinajstić information content (AvgIpc) is 2.36. The van der Waals surface area contributed by atoms with E-state index in [1.165, 1.54) is 21.9 Å². The zero-order valence-electron chi connectivity index (χ0n) is 9.55. The largest absolute Gasteiger partial charge is 0.333 e. The summed E-state index contributed by atoms with van der Waals surface area (Å²) in [6.45, 7) is 1.07. The predicted molar refractivity (Wildman–Crippen MR) is 67.5 cm³/mol. The van der Waals surface area contributed by atoms with Crippen molar-refractivity contribution in [1.82, 2.24) is 0 Å². The van der Waals surface area contributed by atoms with Crippen molar-refractivity contribution >= 4 is 19.4 Å². The van der Waals surface area contributed by atoms with Crippen LogP contribution in [0.5, 0.6) is 0 Å². The molecule has 2 aromatic carbocycles. The molecule has 0 saturated carbocycles. The van der Waals surface area contributed by atoms with E-state index in [2.05, 4.69) is 36.4 Å². The highest BCUT2D eigenvalue weighted by Crippen LogP contribution is 2.43. The van der Waals surface area contributed by atoms with Crippen molar-refractivity contribution in [1.29, 1.82) is 0 Å². The van der Waals surface area contributed by atoms with E-state index < -0.39 is 8.60 Å². The van der Waals surface area contributed by atoms with E-state index in [0.29, 0.717) is 13.2 Å². The molecule has 3 rings (SSSR count). The van der Waals surface area contributed by atoms with Crippen LogP contribution >= 0.6 is 8.60 Å². The fraction of sp³-hybridized carbons (Fsp3) is 0.231. The summed E-state index contributed by atoms with van der Waals surface area (Å²) in [4.78, 5) is 0. The lowest BCUT2D eigenvalue weighted by atomic mass is 10.00. The molecule has 0 aromatic heterocycles. The molecular weight excluding hydrogens is 235 g/mol. The van der Waals surface area contributed by atoms with Gasteiger partial charge in [-0.2, -0.15) is 0 Å². The molecule has 3 nitrogen and oxygen atoms in total. The summed E-state index contributed by atoms with van der Waals surface area (Å²) in [5.74, 6) is 0. The molecule has 0 bridgehead atoms. The van der Waals surface area contributed by atoms with E-state index in [-0.39, 0.29) is 0 Å². The fourth-order valence-electron chi connectivity index (χ4n) is 2.13. The Labute approximate surface area is 101 Å². The van der Waals surface area contributed by atoms with Gasteiger partial charge in [0.2, 0.25) is 0 Å². The summed E-state index contributed by atoms with van der Waals surface area (Å²) in [6, 6.07) is 12.5. The van der Waals surface area contributed by atoms with Gasteiger partial charge in [-0.3, -0.25) is 0 Å². The fourth-order valence-corrected chi connectivity index (χ4v) is 2.90. The quantitative estimate of drug-likeness (QED) is 0.719. The van der Waals surface area contributed by atoms with Gasteiger partial charge < -0.3 is 13.6 Å². The molecule has 0 saturated heterocycles. The first-order valence-corrected chi connectivity index (χ1v) is 6.57. The molecule has 0 fully saturated rings. The molecule has 0 atom stereocenters. The average molecular weight is 248 g/mol. The second-order valence-electron chi connectivity index (χ2n) is 3.89. The van der Waals surface area contributed by atoms with Gasteiger partial charge in [0.25, 0.3) is 0 Å². The second kappa shape index (κ2) is 4.71. The van der Waals surface area contributed by atoms with Crippen molar-refractivity contribution < 1.29 is 13.6 Å². The summed E-state index contributed by atoms with van der Waals surface area (Å²) >= 11 is 0. The molecule has 0 aliphatic carbocycles. The number of rotatable bonds is 1. The smallest absolute Gasteiger partial charge is 0.316 e. The lowest BCUT2D eigenvalue weighted by Crippen LogP contribution is -2.01. The van der Waals surface area contributed by atoms with Crippen LogP contribution < -0.4 is 0 Å². The second-order valence-corrected chi connectivity index (χ2v) is 5.21. The van der Waals surface area contributed by atoms with E-state index in [9.17, 15) is 0 Å². The van der Waals surface area contributed by atoms with E-state index in [4.69, 9.17) is 13.6 Å². The zero-order valence-corrected chi connectivity index (χ0v) is 10.4. The molecule has 0 amide bonds. The minimum atomic E-state index is -1.22. The first-order chi connectivity index (χ1) is 8.38. The molecule has 1 aliphatic rings. The summed E-state index contributed by atoms with van der Waals surface area (Å²) in [6.07, 6.45) is 0. The van der Waals surface area contributed by atoms with Crippen LogP contribution in [0.4, 0.5) is 0 Å². The molecule has 0 N–H and O–H groups in total. The van der Waals surface area contributed by atoms with Crippen LogP contribution in [-0.4, -0.2) is 7.11 Å². The van der Waals surface area contributed by atoms with Crippen molar-refractivity contribution in [2.45, 2.75) is 13.2 Å². The first-order valence-electron chi connectivity index (χ1n) is 5.48. The standard InChI is InChI=1S/C13H13O3P/c1-14-17-15-8-11-6-2-4-10-5-3-7-12(9-16-17)13(10)11/h2-7H,8-9H2,1H3. The van der Waals surface area contributed by atoms with E-state index in [0.717, 1.165) is 0 Å². The van der Waals surface area contributed by atoms with E-state index >= 15 is 0 Å². The van der Waals surface area contributed by atoms with Crippen LogP contribution in [0.3, 0.4) is 0 Å². The third-order valence-corrected chi connectivity index (χ3v) is 3.86. The topological polar surface area (TPSA) is 27.7 Å². The van der Waals surface area contributed by atoms with Crippen molar-refractivity contribution in [3.8, 4) is 0 Å². The molecule has 4 heteroatoms. The van der Waals surface area contributed by atoms with Crippen molar-refractivity contribution in [3.05, 3.63) is 47.5 Å². The summed E-state index contributed by atoms with van der Waals surface area (Å²) in [5, 5.41) is 2.48. The van der Waals surface area contributed by atoms with Crippen LogP contribution in [0, 0.1) is 0 Å². The molecule has 1 aliphatic heterocycles. The molecule has 0 spiro atoms. The molecule has 0 radical (unpaired) electrons. The number of hydrogen-bond acceptors (Lipinski definition) is 3. The lowest BCUT2D eigenvalue weighted by molar-refractivity contribution is 0.167. The molecule has 1 heterocycles. The predicted octanol–water partition coefficient (Wildman–Crippen LogP) is 3.76. The Morgan fingerprint density at radius 3 is 2.12 bits per heavy atom. The maximum absolute atomic E-state index is 5.60. The van der Waals surface area contributed by atoms with Gasteiger partial charge in [-0.1, -0.05) is 36.4 Å². The Kier molecular flexibility index (Phi) is 3.08. The van der Waals surface area contributed by atoms with Gasteiger partial charge in [-0.25, -0.2) is 0 Å². The Hall–Kier alpha value is -0.990. The third-order valence-electron chi connectivity index (χ3n) is 2.88. The van der Waals surface area contributed by atoms with Gasteiger partial charge in [-0.05, 0) is 21.9 Å². The van der Waals surface area contributed by atoms with Gasteiger partial charge in [0.05, 0.1) is 13.2 Å². The van der Waals surface area contributed by atoms with Crippen molar-refractivity contribution in [2.75, 3.05) is 7.11 Å². The van der Waals surface area contributed by atoms with Crippen LogP contribution in [-0.2, 0) is 26.8 Å². The van der Waals surface area contributed by atoms with Gasteiger partial charge in [-0.15, -0.1) is 0 Å². The number of hydrogen-bond donors (Lipinski definition) is 0. The first kappa shape index (κ1) is 11.1. The van der Waals surface area contributed by atoms with Crippen LogP contribution in [0.15, 0.2) is 36.4 Å². The van der Waals surface area contributed by atoms with Crippen LogP contribution in [0.2, 0.25) is 0 Å². The van der Waals surface area contributed by atoms with Crippen LogP contribution in [0.1, 0.15) is 11.1 Å². The van der Waals surface area contributed by atoms with Crippen molar-refractivity contribution in [3.63, 3.8) is 0 Å². The monoisotopic (exact) mass is 248 g/mol. The highest BCUT2D eigenvalue weighted by Gasteiger charge is 2.17. The normalized spacial score (nSPS) is 16.8. The zero-order chi connectivity index (χ0) is 11.7. The lowest BCUT2D eigenvalue weighted by Gasteiger charge is -2.20. The Balaban J connectivity index is 2.13. The molecule has 0 unspecified atom stereocenters. The van der Waals surface area contributed by atoms with E-state index in [1.807, 2.05) is 0 Å². The maximum Gasteiger partial charge on any atom is 0.333 e. The minimum Gasteiger partial charge on any atom is -0.316 e. The molecule has 88 valence electrons. The van der Waals surface area contributed by atoms with E-state index in [1.54, 1.807) is 7.11 Å². The summed E-state index contributed by atoms with van der Waals surface area (Å²) in [7, 11) is 0.390. The maximum atomic E-state index is 5.60. The highest BCUT2D eigenvalue weighted by atomic mass is 31.2.